The molecule has 0 atom stereocenters. The third-order valence-electron chi connectivity index (χ3n) is 12.3. The third-order valence-corrected chi connectivity index (χ3v) is 14.2. The van der Waals surface area contributed by atoms with Crippen molar-refractivity contribution in [2.75, 3.05) is 48.4 Å². The third kappa shape index (κ3) is 23.5. The smallest absolute Gasteiger partial charge is 0.178 e. The Bertz CT molecular complexity index is 2950. The highest BCUT2D eigenvalue weighted by molar-refractivity contribution is 7.91. The fraction of sp³-hybridized carbons (Fsp3) is 0.493. The average Bonchev–Trinajstić information content (AvgIpc) is 3.39. The van der Waals surface area contributed by atoms with E-state index < -0.39 is 26.5 Å². The summed E-state index contributed by atoms with van der Waals surface area (Å²) in [6.45, 7) is 34.3. The van der Waals surface area contributed by atoms with Crippen LogP contribution in [0, 0.1) is 46.7 Å². The van der Waals surface area contributed by atoms with Crippen molar-refractivity contribution >= 4 is 33.0 Å². The second-order valence-corrected chi connectivity index (χ2v) is 26.6. The molecule has 0 amide bonds. The molecule has 0 saturated heterocycles. The van der Waals surface area contributed by atoms with Crippen LogP contribution in [0.25, 0.3) is 0 Å². The van der Waals surface area contributed by atoms with Gasteiger partial charge in [-0.3, -0.25) is 19.2 Å². The van der Waals surface area contributed by atoms with Crippen molar-refractivity contribution in [3.63, 3.8) is 0 Å². The lowest BCUT2D eigenvalue weighted by molar-refractivity contribution is 0.0849. The Morgan fingerprint density at radius 2 is 0.901 bits per heavy atom. The topological polar surface area (TPSA) is 158 Å². The van der Waals surface area contributed by atoms with E-state index in [1.54, 1.807) is 105 Å². The summed E-state index contributed by atoms with van der Waals surface area (Å²) in [5.74, 6) is 3.98. The molecule has 5 aromatic carbocycles. The lowest BCUT2D eigenvalue weighted by Crippen LogP contribution is -2.20. The van der Waals surface area contributed by atoms with Crippen molar-refractivity contribution in [3.05, 3.63) is 136 Å². The first-order valence-electron chi connectivity index (χ1n) is 26.6. The van der Waals surface area contributed by atoms with E-state index >= 15 is 0 Å². The first-order valence-corrected chi connectivity index (χ1v) is 28.3. The molecule has 0 bridgehead atoms. The molecular weight excluding hydrogens is 1050 g/mol. The van der Waals surface area contributed by atoms with Crippen LogP contribution in [-0.4, -0.2) is 80.0 Å². The van der Waals surface area contributed by atoms with Gasteiger partial charge in [0.1, 0.15) is 40.3 Å². The number of methoxy groups -OCH3 is 6. The summed E-state index contributed by atoms with van der Waals surface area (Å²) in [4.78, 5) is 48.4. The van der Waals surface area contributed by atoms with Crippen molar-refractivity contribution in [3.8, 4) is 34.5 Å². The van der Waals surface area contributed by atoms with E-state index in [1.165, 1.54) is 6.07 Å². The van der Waals surface area contributed by atoms with Gasteiger partial charge in [0.15, 0.2) is 33.0 Å². The van der Waals surface area contributed by atoms with Crippen molar-refractivity contribution in [1.82, 2.24) is 0 Å². The van der Waals surface area contributed by atoms with Crippen molar-refractivity contribution < 1.29 is 60.4 Å². The molecule has 450 valence electrons. The average molecular weight is 1150 g/mol. The maximum absolute atomic E-state index is 13.3. The second kappa shape index (κ2) is 31.6. The van der Waals surface area contributed by atoms with Crippen LogP contribution in [0.15, 0.2) is 95.9 Å². The zero-order valence-electron chi connectivity index (χ0n) is 52.5. The summed E-state index contributed by atoms with van der Waals surface area (Å²) < 4.78 is 69.0. The van der Waals surface area contributed by atoms with Gasteiger partial charge in [-0.1, -0.05) is 142 Å². The van der Waals surface area contributed by atoms with Gasteiger partial charge in [0, 0.05) is 44.4 Å². The molecule has 0 heterocycles. The van der Waals surface area contributed by atoms with E-state index in [0.29, 0.717) is 68.5 Å². The monoisotopic (exact) mass is 1140 g/mol. The highest BCUT2D eigenvalue weighted by Crippen LogP contribution is 2.35. The molecule has 12 nitrogen and oxygen atoms in total. The van der Waals surface area contributed by atoms with Gasteiger partial charge < -0.3 is 28.4 Å². The summed E-state index contributed by atoms with van der Waals surface area (Å²) in [6, 6.07) is 25.9. The van der Waals surface area contributed by atoms with Gasteiger partial charge in [-0.15, -0.1) is 0 Å². The lowest BCUT2D eigenvalue weighted by atomic mass is 9.86. The van der Waals surface area contributed by atoms with Crippen LogP contribution in [-0.2, 0) is 16.3 Å². The largest absolute Gasteiger partial charge is 0.497 e. The Hall–Kier alpha value is -6.54. The first-order chi connectivity index (χ1) is 36.7. The molecule has 0 aliphatic heterocycles. The minimum Gasteiger partial charge on any atom is -0.497 e. The van der Waals surface area contributed by atoms with Crippen LogP contribution in [0.1, 0.15) is 183 Å². The molecular formula is C67H97FO12S. The number of ether oxygens (including phenoxy) is 6. The molecule has 0 aliphatic rings. The van der Waals surface area contributed by atoms with Gasteiger partial charge in [-0.05, 0) is 104 Å². The highest BCUT2D eigenvalue weighted by atomic mass is 32.2. The number of ketones is 4. The Kier molecular flexibility index (Phi) is 29.1. The number of aryl methyl sites for hydroxylation is 1. The van der Waals surface area contributed by atoms with Gasteiger partial charge in [0.25, 0.3) is 0 Å². The van der Waals surface area contributed by atoms with Crippen LogP contribution >= 0.6 is 0 Å². The van der Waals surface area contributed by atoms with Gasteiger partial charge in [0.2, 0.25) is 0 Å². The predicted octanol–water partition coefficient (Wildman–Crippen LogP) is 16.6. The maximum atomic E-state index is 13.3. The fourth-order valence-corrected chi connectivity index (χ4v) is 9.40. The molecule has 0 aromatic heterocycles. The Balaban J connectivity index is 0.000000988. The van der Waals surface area contributed by atoms with Crippen LogP contribution in [0.4, 0.5) is 4.39 Å². The normalized spacial score (nSPS) is 11.4. The highest BCUT2D eigenvalue weighted by Gasteiger charge is 2.29. The number of sulfone groups is 1. The van der Waals surface area contributed by atoms with Crippen LogP contribution in [0.3, 0.4) is 0 Å². The minimum absolute atomic E-state index is 0. The first kappa shape index (κ1) is 74.5. The zero-order valence-corrected chi connectivity index (χ0v) is 53.3. The molecule has 0 radical (unpaired) electrons. The van der Waals surface area contributed by atoms with E-state index in [4.69, 9.17) is 28.4 Å². The molecule has 5 aromatic rings. The zero-order chi connectivity index (χ0) is 61.9. The van der Waals surface area contributed by atoms with Crippen molar-refractivity contribution in [2.24, 2.45) is 27.1 Å². The molecule has 81 heavy (non-hydrogen) atoms. The number of carbonyl (C=O) groups excluding carboxylic acids is 4. The molecule has 0 N–H and O–H groups in total. The molecule has 5 rings (SSSR count). The predicted molar refractivity (Wildman–Crippen MR) is 328 cm³/mol. The molecule has 0 saturated carbocycles. The van der Waals surface area contributed by atoms with E-state index in [1.807, 2.05) is 141 Å². The van der Waals surface area contributed by atoms with Crippen LogP contribution in [0.2, 0.25) is 0 Å². The number of para-hydroxylation sites is 1. The SMILES string of the molecule is C.CCc1c(OC)cc(C(=O)C(C)(C)C)cc1OC.COc1ccc(C(=O)C(C)(C)C)c(OC)c1.COc1cccc(C(=O)C(C)(C)C)c1.COc1ccccc1C(=O)C(C)(C)C.Cc1cc(F)cc(S(=O)(=O)CCC(C)(C)C)c1C. The number of hydrogen-bond donors (Lipinski definition) is 0. The van der Waals surface area contributed by atoms with E-state index in [2.05, 4.69) is 0 Å². The van der Waals surface area contributed by atoms with Crippen molar-refractivity contribution in [2.45, 2.75) is 150 Å². The molecule has 0 spiro atoms. The van der Waals surface area contributed by atoms with E-state index in [0.717, 1.165) is 23.8 Å². The number of halogens is 1. The second-order valence-electron chi connectivity index (χ2n) is 24.5. The quantitative estimate of drug-likeness (QED) is 0.0971. The van der Waals surface area contributed by atoms with Gasteiger partial charge in [-0.2, -0.15) is 0 Å². The number of carbonyl (C=O) groups is 4. The number of Topliss-reactive ketones (excluding diaryl/α,β-unsaturated/α-hetero) is 4. The van der Waals surface area contributed by atoms with Crippen LogP contribution < -0.4 is 28.4 Å². The maximum Gasteiger partial charge on any atom is 0.178 e. The summed E-state index contributed by atoms with van der Waals surface area (Å²) in [5, 5.41) is 0. The molecule has 14 heteroatoms. The lowest BCUT2D eigenvalue weighted by Gasteiger charge is -2.19. The summed E-state index contributed by atoms with van der Waals surface area (Å²) >= 11 is 0. The van der Waals surface area contributed by atoms with Gasteiger partial charge in [-0.25, -0.2) is 12.8 Å². The fourth-order valence-electron chi connectivity index (χ4n) is 7.38. The number of benzene rings is 5. The Morgan fingerprint density at radius 3 is 1.32 bits per heavy atom. The molecule has 0 aliphatic carbocycles. The minimum atomic E-state index is -3.41. The van der Waals surface area contributed by atoms with Crippen LogP contribution in [0.5, 0.6) is 34.5 Å². The summed E-state index contributed by atoms with van der Waals surface area (Å²) in [6.07, 6.45) is 1.36. The number of hydrogen-bond acceptors (Lipinski definition) is 12. The van der Waals surface area contributed by atoms with Crippen molar-refractivity contribution in [1.29, 1.82) is 0 Å². The van der Waals surface area contributed by atoms with E-state index in [-0.39, 0.29) is 57.5 Å². The number of rotatable bonds is 14. The summed E-state index contributed by atoms with van der Waals surface area (Å²) in [5.41, 5.74) is 3.30. The molecule has 0 unspecified atom stereocenters. The standard InChI is InChI=1S/C15H22O3.C14H21FO2S.C13H18O3.2C12H16O2.CH4/c1-7-11-12(17-5)8-10(9-13(11)18-6)14(16)15(2,3)4;1-10-8-12(15)9-13(11(10)2)18(16,17)7-6-14(3,4)5;1-13(2,3)12(14)10-7-6-9(15-4)8-11(10)16-5;1-12(2,3)11(13)9-6-5-7-10(8-9)14-4;1-12(2,3)11(13)9-7-5-6-8-10(9)14-4;/h8-9H,7H2,1-6H3;8-9H,6-7H2,1-5H3;6-8H,1-5H3;2*5-8H,1-4H3;1H4. The molecule has 0 fully saturated rings. The van der Waals surface area contributed by atoms with Gasteiger partial charge >= 0.3 is 0 Å². The Morgan fingerprint density at radius 1 is 0.469 bits per heavy atom. The van der Waals surface area contributed by atoms with E-state index in [9.17, 15) is 32.0 Å². The Labute approximate surface area is 486 Å². The van der Waals surface area contributed by atoms with Gasteiger partial charge in [0.05, 0.1) is 64.4 Å². The summed E-state index contributed by atoms with van der Waals surface area (Å²) in [7, 11) is 6.12.